The maximum Gasteiger partial charge on any atom is 0.227 e. The number of ether oxygens (including phenoxy) is 2. The van der Waals surface area contributed by atoms with Crippen LogP contribution < -0.4 is 4.74 Å². The molecule has 1 aliphatic heterocycles. The van der Waals surface area contributed by atoms with Gasteiger partial charge in [-0.15, -0.1) is 0 Å². The highest BCUT2D eigenvalue weighted by Gasteiger charge is 2.17. The van der Waals surface area contributed by atoms with E-state index in [2.05, 4.69) is 16.1 Å². The highest BCUT2D eigenvalue weighted by molar-refractivity contribution is 5.78. The summed E-state index contributed by atoms with van der Waals surface area (Å²) < 4.78 is 16.4. The van der Waals surface area contributed by atoms with Gasteiger partial charge in [-0.1, -0.05) is 17.3 Å². The van der Waals surface area contributed by atoms with Gasteiger partial charge in [-0.25, -0.2) is 0 Å². The molecule has 8 heteroatoms. The molecule has 0 saturated carbocycles. The number of hydrogen-bond acceptors (Lipinski definition) is 7. The van der Waals surface area contributed by atoms with Crippen molar-refractivity contribution in [1.29, 1.82) is 5.26 Å². The van der Waals surface area contributed by atoms with E-state index in [1.807, 2.05) is 38.1 Å². The van der Waals surface area contributed by atoms with E-state index in [1.165, 1.54) is 0 Å². The maximum absolute atomic E-state index is 12.9. The van der Waals surface area contributed by atoms with Gasteiger partial charge in [-0.2, -0.15) is 5.26 Å². The van der Waals surface area contributed by atoms with E-state index >= 15 is 0 Å². The Morgan fingerprint density at radius 2 is 1.97 bits per heavy atom. The Morgan fingerprint density at radius 1 is 1.23 bits per heavy atom. The number of amides is 1. The Bertz CT molecular complexity index is 862. The molecular weight excluding hydrogens is 396 g/mol. The number of hydrogen-bond donors (Lipinski definition) is 0. The van der Waals surface area contributed by atoms with Crippen LogP contribution in [0.15, 0.2) is 28.8 Å². The van der Waals surface area contributed by atoms with Gasteiger partial charge in [0.2, 0.25) is 5.91 Å². The maximum atomic E-state index is 12.9. The standard InChI is InChI=1S/C23H30N4O4/c1-18-22(19(2)31-25-18)17-30-21-6-4-20(5-7-21)16-23(28)27(9-3-8-24)11-10-26-12-14-29-15-13-26/h4-7H,3,9-17H2,1-2H3. The summed E-state index contributed by atoms with van der Waals surface area (Å²) in [6.07, 6.45) is 0.641. The molecule has 0 atom stereocenters. The third kappa shape index (κ3) is 6.81. The van der Waals surface area contributed by atoms with Crippen LogP contribution in [0.2, 0.25) is 0 Å². The number of aromatic nitrogens is 1. The highest BCUT2D eigenvalue weighted by Crippen LogP contribution is 2.18. The van der Waals surface area contributed by atoms with Gasteiger partial charge < -0.3 is 18.9 Å². The number of rotatable bonds is 10. The first-order chi connectivity index (χ1) is 15.1. The molecule has 8 nitrogen and oxygen atoms in total. The fourth-order valence-electron chi connectivity index (χ4n) is 3.49. The molecule has 3 rings (SSSR count). The summed E-state index contributed by atoms with van der Waals surface area (Å²) in [5, 5.41) is 12.9. The first kappa shape index (κ1) is 22.8. The van der Waals surface area contributed by atoms with Crippen molar-refractivity contribution in [2.45, 2.75) is 33.3 Å². The SMILES string of the molecule is Cc1noc(C)c1COc1ccc(CC(=O)N(CCC#N)CCN2CCOCC2)cc1. The normalized spacial score (nSPS) is 14.2. The van der Waals surface area contributed by atoms with Crippen molar-refractivity contribution in [2.75, 3.05) is 45.9 Å². The summed E-state index contributed by atoms with van der Waals surface area (Å²) in [7, 11) is 0. The summed E-state index contributed by atoms with van der Waals surface area (Å²) in [4.78, 5) is 16.9. The van der Waals surface area contributed by atoms with Gasteiger partial charge in [0.25, 0.3) is 0 Å². The Kier molecular flexibility index (Phi) is 8.44. The van der Waals surface area contributed by atoms with E-state index in [9.17, 15) is 4.79 Å². The number of morpholine rings is 1. The predicted octanol–water partition coefficient (Wildman–Crippen LogP) is 2.49. The molecule has 0 aliphatic carbocycles. The summed E-state index contributed by atoms with van der Waals surface area (Å²) in [5.74, 6) is 1.52. The smallest absolute Gasteiger partial charge is 0.227 e. The molecule has 0 N–H and O–H groups in total. The second kappa shape index (κ2) is 11.5. The number of aryl methyl sites for hydroxylation is 2. The second-order valence-electron chi connectivity index (χ2n) is 7.66. The molecule has 1 aliphatic rings. The Labute approximate surface area is 183 Å². The minimum Gasteiger partial charge on any atom is -0.489 e. The van der Waals surface area contributed by atoms with E-state index in [0.717, 1.165) is 61.2 Å². The minimum absolute atomic E-state index is 0.0351. The van der Waals surface area contributed by atoms with E-state index in [4.69, 9.17) is 19.3 Å². The zero-order valence-electron chi connectivity index (χ0n) is 18.3. The summed E-state index contributed by atoms with van der Waals surface area (Å²) in [6.45, 7) is 9.26. The van der Waals surface area contributed by atoms with Gasteiger partial charge in [0.15, 0.2) is 0 Å². The lowest BCUT2D eigenvalue weighted by atomic mass is 10.1. The molecule has 0 unspecified atom stereocenters. The lowest BCUT2D eigenvalue weighted by Crippen LogP contribution is -2.43. The van der Waals surface area contributed by atoms with Crippen molar-refractivity contribution in [3.05, 3.63) is 46.8 Å². The van der Waals surface area contributed by atoms with Crippen LogP contribution in [0.5, 0.6) is 5.75 Å². The van der Waals surface area contributed by atoms with Crippen molar-refractivity contribution < 1.29 is 18.8 Å². The Balaban J connectivity index is 1.52. The topological polar surface area (TPSA) is 91.8 Å². The molecule has 2 heterocycles. The van der Waals surface area contributed by atoms with E-state index in [0.29, 0.717) is 32.5 Å². The van der Waals surface area contributed by atoms with Crippen molar-refractivity contribution in [3.63, 3.8) is 0 Å². The van der Waals surface area contributed by atoms with Crippen molar-refractivity contribution in [3.8, 4) is 11.8 Å². The summed E-state index contributed by atoms with van der Waals surface area (Å²) >= 11 is 0. The van der Waals surface area contributed by atoms with E-state index in [-0.39, 0.29) is 5.91 Å². The third-order valence-corrected chi connectivity index (χ3v) is 5.48. The fourth-order valence-corrected chi connectivity index (χ4v) is 3.49. The van der Waals surface area contributed by atoms with Gasteiger partial charge in [0.1, 0.15) is 18.1 Å². The summed E-state index contributed by atoms with van der Waals surface area (Å²) in [5.41, 5.74) is 2.70. The largest absolute Gasteiger partial charge is 0.489 e. The van der Waals surface area contributed by atoms with Gasteiger partial charge >= 0.3 is 0 Å². The predicted molar refractivity (Wildman–Crippen MR) is 115 cm³/mol. The molecule has 31 heavy (non-hydrogen) atoms. The van der Waals surface area contributed by atoms with Crippen LogP contribution >= 0.6 is 0 Å². The van der Waals surface area contributed by atoms with Gasteiger partial charge in [-0.3, -0.25) is 9.69 Å². The van der Waals surface area contributed by atoms with Crippen LogP contribution in [0.4, 0.5) is 0 Å². The molecule has 2 aromatic rings. The Hall–Kier alpha value is -2.89. The van der Waals surface area contributed by atoms with Crippen LogP contribution in [0.3, 0.4) is 0 Å². The van der Waals surface area contributed by atoms with Crippen molar-refractivity contribution >= 4 is 5.91 Å². The monoisotopic (exact) mass is 426 g/mol. The average molecular weight is 427 g/mol. The fraction of sp³-hybridized carbons (Fsp3) is 0.522. The highest BCUT2D eigenvalue weighted by atomic mass is 16.5. The summed E-state index contributed by atoms with van der Waals surface area (Å²) in [6, 6.07) is 9.69. The number of nitrogens with zero attached hydrogens (tertiary/aromatic N) is 4. The molecule has 0 bridgehead atoms. The molecule has 1 saturated heterocycles. The lowest BCUT2D eigenvalue weighted by Gasteiger charge is -2.30. The first-order valence-electron chi connectivity index (χ1n) is 10.6. The van der Waals surface area contributed by atoms with Crippen LogP contribution in [-0.4, -0.2) is 66.8 Å². The first-order valence-corrected chi connectivity index (χ1v) is 10.6. The molecule has 0 radical (unpaired) electrons. The van der Waals surface area contributed by atoms with Gasteiger partial charge in [0, 0.05) is 32.7 Å². The molecule has 0 spiro atoms. The Morgan fingerprint density at radius 3 is 2.61 bits per heavy atom. The van der Waals surface area contributed by atoms with Crippen molar-refractivity contribution in [2.24, 2.45) is 0 Å². The number of nitriles is 1. The molecular formula is C23H30N4O4. The second-order valence-corrected chi connectivity index (χ2v) is 7.66. The number of carbonyl (C=O) groups excluding carboxylic acids is 1. The van der Waals surface area contributed by atoms with E-state index in [1.54, 1.807) is 4.90 Å². The van der Waals surface area contributed by atoms with Crippen molar-refractivity contribution in [1.82, 2.24) is 15.0 Å². The zero-order chi connectivity index (χ0) is 22.1. The third-order valence-electron chi connectivity index (χ3n) is 5.48. The van der Waals surface area contributed by atoms with Gasteiger partial charge in [-0.05, 0) is 31.5 Å². The van der Waals surface area contributed by atoms with Crippen LogP contribution in [0.1, 0.15) is 29.0 Å². The minimum atomic E-state index is 0.0351. The van der Waals surface area contributed by atoms with Crippen LogP contribution in [0.25, 0.3) is 0 Å². The molecule has 1 aromatic heterocycles. The molecule has 1 fully saturated rings. The van der Waals surface area contributed by atoms with E-state index < -0.39 is 0 Å². The lowest BCUT2D eigenvalue weighted by molar-refractivity contribution is -0.130. The molecule has 1 aromatic carbocycles. The van der Waals surface area contributed by atoms with Gasteiger partial charge in [0.05, 0.1) is 43.4 Å². The number of benzene rings is 1. The van der Waals surface area contributed by atoms with Crippen LogP contribution in [-0.2, 0) is 22.6 Å². The molecule has 1 amide bonds. The molecule has 166 valence electrons. The average Bonchev–Trinajstić information content (AvgIpc) is 3.11. The number of carbonyl (C=O) groups is 1. The zero-order valence-corrected chi connectivity index (χ0v) is 18.3. The van der Waals surface area contributed by atoms with Crippen LogP contribution in [0, 0.1) is 25.2 Å². The quantitative estimate of drug-likeness (QED) is 0.576.